The van der Waals surface area contributed by atoms with E-state index in [2.05, 4.69) is 0 Å². The van der Waals surface area contributed by atoms with E-state index in [1.165, 1.54) is 0 Å². The lowest BCUT2D eigenvalue weighted by molar-refractivity contribution is 0.299. The second-order valence-corrected chi connectivity index (χ2v) is 4.32. The summed E-state index contributed by atoms with van der Waals surface area (Å²) in [6.45, 7) is 0.884. The van der Waals surface area contributed by atoms with Crippen molar-refractivity contribution in [3.8, 4) is 17.2 Å². The maximum Gasteiger partial charge on any atom is 0.127 e. The molecule has 0 spiro atoms. The standard InChI is InChI=1S/C16H19NO3/c1-18-14-5-3-4-12(8-14)11-20-16-9-15(19-2)7-6-13(16)10-17/h3-9H,10-11,17H2,1-2H3. The fraction of sp³-hybridized carbons (Fsp3) is 0.250. The minimum Gasteiger partial charge on any atom is -0.497 e. The van der Waals surface area contributed by atoms with E-state index >= 15 is 0 Å². The van der Waals surface area contributed by atoms with E-state index < -0.39 is 0 Å². The largest absolute Gasteiger partial charge is 0.497 e. The van der Waals surface area contributed by atoms with Crippen LogP contribution in [0.5, 0.6) is 17.2 Å². The van der Waals surface area contributed by atoms with Crippen molar-refractivity contribution in [1.29, 1.82) is 0 Å². The first-order valence-electron chi connectivity index (χ1n) is 6.39. The van der Waals surface area contributed by atoms with Crippen LogP contribution in [0.2, 0.25) is 0 Å². The highest BCUT2D eigenvalue weighted by Gasteiger charge is 2.05. The van der Waals surface area contributed by atoms with Crippen molar-refractivity contribution in [2.75, 3.05) is 14.2 Å². The number of hydrogen-bond acceptors (Lipinski definition) is 4. The molecule has 0 amide bonds. The minimum atomic E-state index is 0.428. The average molecular weight is 273 g/mol. The Hall–Kier alpha value is -2.20. The van der Waals surface area contributed by atoms with Gasteiger partial charge < -0.3 is 19.9 Å². The summed E-state index contributed by atoms with van der Waals surface area (Å²) >= 11 is 0. The summed E-state index contributed by atoms with van der Waals surface area (Å²) in [6.07, 6.45) is 0. The van der Waals surface area contributed by atoms with Crippen LogP contribution in [0.3, 0.4) is 0 Å². The van der Waals surface area contributed by atoms with Gasteiger partial charge in [0.15, 0.2) is 0 Å². The first-order chi connectivity index (χ1) is 9.76. The third kappa shape index (κ3) is 3.42. The molecule has 0 saturated heterocycles. The summed E-state index contributed by atoms with van der Waals surface area (Å²) in [4.78, 5) is 0. The summed E-state index contributed by atoms with van der Waals surface area (Å²) in [7, 11) is 3.28. The van der Waals surface area contributed by atoms with Crippen molar-refractivity contribution in [1.82, 2.24) is 0 Å². The lowest BCUT2D eigenvalue weighted by Crippen LogP contribution is -2.03. The van der Waals surface area contributed by atoms with Crippen molar-refractivity contribution in [3.05, 3.63) is 53.6 Å². The monoisotopic (exact) mass is 273 g/mol. The van der Waals surface area contributed by atoms with Gasteiger partial charge in [0.25, 0.3) is 0 Å². The van der Waals surface area contributed by atoms with Crippen molar-refractivity contribution >= 4 is 0 Å². The molecule has 0 aliphatic heterocycles. The maximum absolute atomic E-state index is 5.84. The van der Waals surface area contributed by atoms with Crippen LogP contribution in [0.25, 0.3) is 0 Å². The van der Waals surface area contributed by atoms with E-state index in [1.807, 2.05) is 42.5 Å². The summed E-state index contributed by atoms with van der Waals surface area (Å²) in [6, 6.07) is 13.4. The molecule has 0 aromatic heterocycles. The van der Waals surface area contributed by atoms with E-state index in [4.69, 9.17) is 19.9 Å². The third-order valence-electron chi connectivity index (χ3n) is 3.02. The molecule has 0 bridgehead atoms. The molecule has 2 rings (SSSR count). The fourth-order valence-corrected chi connectivity index (χ4v) is 1.89. The molecule has 4 heteroatoms. The van der Waals surface area contributed by atoms with Gasteiger partial charge in [-0.15, -0.1) is 0 Å². The van der Waals surface area contributed by atoms with E-state index in [0.717, 1.165) is 28.4 Å². The molecule has 2 aromatic carbocycles. The van der Waals surface area contributed by atoms with Crippen molar-refractivity contribution in [2.24, 2.45) is 5.73 Å². The van der Waals surface area contributed by atoms with Gasteiger partial charge in [-0.3, -0.25) is 0 Å². The van der Waals surface area contributed by atoms with Gasteiger partial charge in [0.2, 0.25) is 0 Å². The fourth-order valence-electron chi connectivity index (χ4n) is 1.89. The molecule has 0 atom stereocenters. The molecule has 0 unspecified atom stereocenters. The number of hydrogen-bond donors (Lipinski definition) is 1. The Labute approximate surface area is 119 Å². The molecule has 0 saturated carbocycles. The summed E-state index contributed by atoms with van der Waals surface area (Å²) in [5, 5.41) is 0. The first kappa shape index (κ1) is 14.2. The Morgan fingerprint density at radius 1 is 0.950 bits per heavy atom. The molecule has 0 heterocycles. The van der Waals surface area contributed by atoms with Gasteiger partial charge >= 0.3 is 0 Å². The molecular weight excluding hydrogens is 254 g/mol. The number of nitrogens with two attached hydrogens (primary N) is 1. The van der Waals surface area contributed by atoms with E-state index in [9.17, 15) is 0 Å². The Morgan fingerprint density at radius 3 is 2.40 bits per heavy atom. The van der Waals surface area contributed by atoms with E-state index in [1.54, 1.807) is 14.2 Å². The zero-order chi connectivity index (χ0) is 14.4. The lowest BCUT2D eigenvalue weighted by atomic mass is 10.2. The van der Waals surface area contributed by atoms with E-state index in [-0.39, 0.29) is 0 Å². The topological polar surface area (TPSA) is 53.7 Å². The minimum absolute atomic E-state index is 0.428. The molecule has 2 N–H and O–H groups in total. The Morgan fingerprint density at radius 2 is 1.70 bits per heavy atom. The molecule has 0 aliphatic rings. The number of benzene rings is 2. The highest BCUT2D eigenvalue weighted by molar-refractivity contribution is 5.41. The maximum atomic E-state index is 5.84. The predicted octanol–water partition coefficient (Wildman–Crippen LogP) is 2.74. The molecule has 2 aromatic rings. The lowest BCUT2D eigenvalue weighted by Gasteiger charge is -2.12. The smallest absolute Gasteiger partial charge is 0.127 e. The number of rotatable bonds is 6. The Bertz CT molecular complexity index is 569. The highest BCUT2D eigenvalue weighted by atomic mass is 16.5. The molecule has 0 fully saturated rings. The average Bonchev–Trinajstić information content (AvgIpc) is 2.52. The van der Waals surface area contributed by atoms with Gasteiger partial charge in [-0.05, 0) is 23.8 Å². The van der Waals surface area contributed by atoms with Crippen LogP contribution in [0, 0.1) is 0 Å². The van der Waals surface area contributed by atoms with Crippen LogP contribution >= 0.6 is 0 Å². The summed E-state index contributed by atoms with van der Waals surface area (Å²) in [5.41, 5.74) is 7.71. The summed E-state index contributed by atoms with van der Waals surface area (Å²) < 4.78 is 16.2. The molecule has 20 heavy (non-hydrogen) atoms. The van der Waals surface area contributed by atoms with Crippen LogP contribution in [-0.2, 0) is 13.2 Å². The molecular formula is C16H19NO3. The van der Waals surface area contributed by atoms with Crippen LogP contribution in [0.15, 0.2) is 42.5 Å². The van der Waals surface area contributed by atoms with Crippen molar-refractivity contribution in [2.45, 2.75) is 13.2 Å². The van der Waals surface area contributed by atoms with Crippen LogP contribution in [0.1, 0.15) is 11.1 Å². The molecule has 0 aliphatic carbocycles. The second-order valence-electron chi connectivity index (χ2n) is 4.32. The quantitative estimate of drug-likeness (QED) is 0.879. The van der Waals surface area contributed by atoms with Gasteiger partial charge in [0, 0.05) is 18.2 Å². The van der Waals surface area contributed by atoms with Crippen molar-refractivity contribution in [3.63, 3.8) is 0 Å². The third-order valence-corrected chi connectivity index (χ3v) is 3.02. The van der Waals surface area contributed by atoms with Gasteiger partial charge in [-0.1, -0.05) is 18.2 Å². The number of methoxy groups -OCH3 is 2. The van der Waals surface area contributed by atoms with Crippen LogP contribution < -0.4 is 19.9 Å². The van der Waals surface area contributed by atoms with Gasteiger partial charge in [0.1, 0.15) is 23.9 Å². The van der Waals surface area contributed by atoms with Gasteiger partial charge in [0.05, 0.1) is 14.2 Å². The molecule has 106 valence electrons. The number of ether oxygens (including phenoxy) is 3. The summed E-state index contributed by atoms with van der Waals surface area (Å²) in [5.74, 6) is 2.31. The molecule has 0 radical (unpaired) electrons. The predicted molar refractivity (Wildman–Crippen MR) is 78.2 cm³/mol. The van der Waals surface area contributed by atoms with E-state index in [0.29, 0.717) is 13.2 Å². The van der Waals surface area contributed by atoms with Gasteiger partial charge in [-0.2, -0.15) is 0 Å². The highest BCUT2D eigenvalue weighted by Crippen LogP contribution is 2.25. The Kier molecular flexibility index (Phi) is 4.85. The normalized spacial score (nSPS) is 10.2. The van der Waals surface area contributed by atoms with Crippen LogP contribution in [-0.4, -0.2) is 14.2 Å². The first-order valence-corrected chi connectivity index (χ1v) is 6.39. The zero-order valence-electron chi connectivity index (χ0n) is 11.8. The Balaban J connectivity index is 2.12. The molecule has 4 nitrogen and oxygen atoms in total. The SMILES string of the molecule is COc1cccc(COc2cc(OC)ccc2CN)c1. The van der Waals surface area contributed by atoms with Gasteiger partial charge in [-0.25, -0.2) is 0 Å². The van der Waals surface area contributed by atoms with Crippen molar-refractivity contribution < 1.29 is 14.2 Å². The van der Waals surface area contributed by atoms with Crippen LogP contribution in [0.4, 0.5) is 0 Å². The zero-order valence-corrected chi connectivity index (χ0v) is 11.8. The second kappa shape index (κ2) is 6.82.